The second-order valence-electron chi connectivity index (χ2n) is 6.22. The Labute approximate surface area is 114 Å². The molecule has 0 aromatic carbocycles. The van der Waals surface area contributed by atoms with Gasteiger partial charge in [-0.2, -0.15) is 0 Å². The summed E-state index contributed by atoms with van der Waals surface area (Å²) >= 11 is 0. The first-order valence-corrected chi connectivity index (χ1v) is 6.86. The number of nitrogens with zero attached hydrogens (tertiary/aromatic N) is 1. The molecule has 0 spiro atoms. The summed E-state index contributed by atoms with van der Waals surface area (Å²) in [7, 11) is 0. The minimum Gasteiger partial charge on any atom is -0.444 e. The van der Waals surface area contributed by atoms with Crippen molar-refractivity contribution in [2.75, 3.05) is 13.2 Å². The van der Waals surface area contributed by atoms with Crippen LogP contribution in [0.15, 0.2) is 0 Å². The van der Waals surface area contributed by atoms with E-state index in [-0.39, 0.29) is 30.6 Å². The molecule has 110 valence electrons. The topological polar surface area (TPSA) is 66.8 Å². The van der Waals surface area contributed by atoms with Crippen molar-refractivity contribution in [1.29, 1.82) is 0 Å². The summed E-state index contributed by atoms with van der Waals surface area (Å²) in [6.07, 6.45) is 2.17. The summed E-state index contributed by atoms with van der Waals surface area (Å²) in [5.41, 5.74) is -0.533. The van der Waals surface area contributed by atoms with Crippen LogP contribution in [-0.4, -0.2) is 47.2 Å². The average Bonchev–Trinajstić information content (AvgIpc) is 2.76. The second-order valence-corrected chi connectivity index (χ2v) is 6.22. The fraction of sp³-hybridized carbons (Fsp3) is 0.857. The second kappa shape index (κ2) is 6.37. The predicted octanol–water partition coefficient (Wildman–Crippen LogP) is 1.83. The molecule has 3 atom stereocenters. The standard InChI is InChI=1S/C14H25NO4/c1-10(8-16)11(9-17)12-6-5-7-15(12)13(18)19-14(2,3)4/h8,10-12,17H,5-7,9H2,1-4H3/t10-,11+,12-/m0/s1. The molecule has 1 amide bonds. The van der Waals surface area contributed by atoms with E-state index in [0.29, 0.717) is 6.54 Å². The normalized spacial score (nSPS) is 23.0. The molecule has 0 aromatic heterocycles. The maximum Gasteiger partial charge on any atom is 0.410 e. The highest BCUT2D eigenvalue weighted by Crippen LogP contribution is 2.29. The number of rotatable bonds is 4. The first-order chi connectivity index (χ1) is 8.80. The quantitative estimate of drug-likeness (QED) is 0.792. The maximum absolute atomic E-state index is 12.1. The van der Waals surface area contributed by atoms with Crippen molar-refractivity contribution < 1.29 is 19.4 Å². The Morgan fingerprint density at radius 2 is 2.16 bits per heavy atom. The first-order valence-electron chi connectivity index (χ1n) is 6.86. The highest BCUT2D eigenvalue weighted by molar-refractivity contribution is 5.69. The molecule has 19 heavy (non-hydrogen) atoms. The minimum absolute atomic E-state index is 0.0934. The van der Waals surface area contributed by atoms with Gasteiger partial charge in [-0.25, -0.2) is 4.79 Å². The van der Waals surface area contributed by atoms with Crippen LogP contribution >= 0.6 is 0 Å². The fourth-order valence-electron chi connectivity index (χ4n) is 2.52. The number of likely N-dealkylation sites (tertiary alicyclic amines) is 1. The zero-order chi connectivity index (χ0) is 14.6. The lowest BCUT2D eigenvalue weighted by Crippen LogP contribution is -2.45. The van der Waals surface area contributed by atoms with E-state index in [0.717, 1.165) is 19.1 Å². The van der Waals surface area contributed by atoms with Gasteiger partial charge in [0.25, 0.3) is 0 Å². The molecule has 1 heterocycles. The number of ether oxygens (including phenoxy) is 1. The summed E-state index contributed by atoms with van der Waals surface area (Å²) in [6, 6.07) is -0.111. The molecule has 1 saturated heterocycles. The molecule has 1 aliphatic heterocycles. The summed E-state index contributed by atoms with van der Waals surface area (Å²) in [4.78, 5) is 24.7. The van der Waals surface area contributed by atoms with E-state index < -0.39 is 5.60 Å². The molecule has 1 aliphatic rings. The maximum atomic E-state index is 12.1. The van der Waals surface area contributed by atoms with Gasteiger partial charge < -0.3 is 19.5 Å². The minimum atomic E-state index is -0.533. The summed E-state index contributed by atoms with van der Waals surface area (Å²) in [5, 5.41) is 9.48. The number of hydrogen-bond acceptors (Lipinski definition) is 4. The van der Waals surface area contributed by atoms with Gasteiger partial charge in [0, 0.05) is 31.0 Å². The van der Waals surface area contributed by atoms with Crippen LogP contribution < -0.4 is 0 Å². The number of hydrogen-bond donors (Lipinski definition) is 1. The molecular formula is C14H25NO4. The van der Waals surface area contributed by atoms with E-state index in [1.807, 2.05) is 20.8 Å². The van der Waals surface area contributed by atoms with Crippen molar-refractivity contribution in [3.63, 3.8) is 0 Å². The monoisotopic (exact) mass is 271 g/mol. The molecule has 0 unspecified atom stereocenters. The third-order valence-electron chi connectivity index (χ3n) is 3.52. The molecule has 0 radical (unpaired) electrons. The third-order valence-corrected chi connectivity index (χ3v) is 3.52. The lowest BCUT2D eigenvalue weighted by Gasteiger charge is -2.33. The van der Waals surface area contributed by atoms with E-state index in [9.17, 15) is 14.7 Å². The molecule has 5 heteroatoms. The number of aliphatic hydroxyl groups is 1. The van der Waals surface area contributed by atoms with Gasteiger partial charge in [-0.15, -0.1) is 0 Å². The molecule has 1 fully saturated rings. The largest absolute Gasteiger partial charge is 0.444 e. The Hall–Kier alpha value is -1.10. The van der Waals surface area contributed by atoms with Crippen molar-refractivity contribution in [3.8, 4) is 0 Å². The molecular weight excluding hydrogens is 246 g/mol. The number of aldehydes is 1. The summed E-state index contributed by atoms with van der Waals surface area (Å²) < 4.78 is 5.38. The Kier molecular flexibility index (Phi) is 5.35. The number of aliphatic hydroxyl groups excluding tert-OH is 1. The Balaban J connectivity index is 2.77. The van der Waals surface area contributed by atoms with Crippen molar-refractivity contribution in [3.05, 3.63) is 0 Å². The van der Waals surface area contributed by atoms with E-state index in [2.05, 4.69) is 0 Å². The zero-order valence-corrected chi connectivity index (χ0v) is 12.3. The van der Waals surface area contributed by atoms with Crippen molar-refractivity contribution in [2.45, 2.75) is 52.2 Å². The SMILES string of the molecule is C[C@@H](C=O)[C@@H](CO)[C@@H]1CCCN1C(=O)OC(C)(C)C. The molecule has 0 aromatic rings. The van der Waals surface area contributed by atoms with Crippen molar-refractivity contribution >= 4 is 12.4 Å². The smallest absolute Gasteiger partial charge is 0.410 e. The Bertz CT molecular complexity index is 324. The number of carbonyl (C=O) groups is 2. The van der Waals surface area contributed by atoms with Gasteiger partial charge in [0.15, 0.2) is 0 Å². The van der Waals surface area contributed by atoms with Crippen molar-refractivity contribution in [1.82, 2.24) is 4.90 Å². The van der Waals surface area contributed by atoms with Crippen LogP contribution in [0.3, 0.4) is 0 Å². The van der Waals surface area contributed by atoms with Crippen molar-refractivity contribution in [2.24, 2.45) is 11.8 Å². The Morgan fingerprint density at radius 1 is 1.53 bits per heavy atom. The lowest BCUT2D eigenvalue weighted by atomic mass is 9.87. The van der Waals surface area contributed by atoms with Gasteiger partial charge in [0.2, 0.25) is 0 Å². The third kappa shape index (κ3) is 4.20. The van der Waals surface area contributed by atoms with Crippen LogP contribution in [0.1, 0.15) is 40.5 Å². The average molecular weight is 271 g/mol. The van der Waals surface area contributed by atoms with Crippen LogP contribution in [0.2, 0.25) is 0 Å². The summed E-state index contributed by atoms with van der Waals surface area (Å²) in [5.74, 6) is -0.481. The van der Waals surface area contributed by atoms with E-state index in [1.54, 1.807) is 11.8 Å². The fourth-order valence-corrected chi connectivity index (χ4v) is 2.52. The molecule has 0 saturated carbocycles. The van der Waals surface area contributed by atoms with Crippen LogP contribution in [0.4, 0.5) is 4.79 Å². The van der Waals surface area contributed by atoms with Gasteiger partial charge in [-0.1, -0.05) is 6.92 Å². The number of amides is 1. The highest BCUT2D eigenvalue weighted by atomic mass is 16.6. The molecule has 0 aliphatic carbocycles. The Morgan fingerprint density at radius 3 is 2.63 bits per heavy atom. The van der Waals surface area contributed by atoms with Crippen LogP contribution in [0.25, 0.3) is 0 Å². The van der Waals surface area contributed by atoms with Gasteiger partial charge in [0.05, 0.1) is 0 Å². The van der Waals surface area contributed by atoms with Crippen LogP contribution in [0.5, 0.6) is 0 Å². The summed E-state index contributed by atoms with van der Waals surface area (Å²) in [6.45, 7) is 7.79. The van der Waals surface area contributed by atoms with Crippen LogP contribution in [-0.2, 0) is 9.53 Å². The molecule has 1 rings (SSSR count). The van der Waals surface area contributed by atoms with E-state index in [4.69, 9.17) is 4.74 Å². The molecule has 1 N–H and O–H groups in total. The van der Waals surface area contributed by atoms with Gasteiger partial charge >= 0.3 is 6.09 Å². The number of carbonyl (C=O) groups excluding carboxylic acids is 2. The lowest BCUT2D eigenvalue weighted by molar-refractivity contribution is -0.113. The van der Waals surface area contributed by atoms with E-state index >= 15 is 0 Å². The van der Waals surface area contributed by atoms with Gasteiger partial charge in [-0.05, 0) is 33.6 Å². The first kappa shape index (κ1) is 16.0. The van der Waals surface area contributed by atoms with Crippen LogP contribution in [0, 0.1) is 11.8 Å². The van der Waals surface area contributed by atoms with Gasteiger partial charge in [0.1, 0.15) is 11.9 Å². The highest BCUT2D eigenvalue weighted by Gasteiger charge is 2.38. The molecule has 0 bridgehead atoms. The zero-order valence-electron chi connectivity index (χ0n) is 12.3. The molecule has 5 nitrogen and oxygen atoms in total. The van der Waals surface area contributed by atoms with Gasteiger partial charge in [-0.3, -0.25) is 0 Å². The predicted molar refractivity (Wildman–Crippen MR) is 71.8 cm³/mol. The van der Waals surface area contributed by atoms with E-state index in [1.165, 1.54) is 0 Å².